The van der Waals surface area contributed by atoms with E-state index in [-0.39, 0.29) is 17.7 Å². The van der Waals surface area contributed by atoms with Gasteiger partial charge in [-0.15, -0.1) is 11.3 Å². The van der Waals surface area contributed by atoms with Crippen LogP contribution in [0, 0.1) is 18.6 Å². The van der Waals surface area contributed by atoms with Crippen LogP contribution in [0.4, 0.5) is 18.7 Å². The Morgan fingerprint density at radius 2 is 2.17 bits per heavy atom. The second kappa shape index (κ2) is 6.86. The van der Waals surface area contributed by atoms with E-state index in [2.05, 4.69) is 10.3 Å². The predicted molar refractivity (Wildman–Crippen MR) is 90.3 cm³/mol. The molecule has 126 valence electrons. The maximum absolute atomic E-state index is 13.4. The fourth-order valence-electron chi connectivity index (χ4n) is 2.26. The van der Waals surface area contributed by atoms with E-state index in [0.717, 1.165) is 17.0 Å². The smallest absolute Gasteiger partial charge is 0.282 e. The van der Waals surface area contributed by atoms with Crippen molar-refractivity contribution in [2.24, 2.45) is 0 Å². The molecule has 9 heteroatoms. The number of hydrogen-bond donors (Lipinski definition) is 1. The van der Waals surface area contributed by atoms with Crippen molar-refractivity contribution in [3.63, 3.8) is 0 Å². The first-order chi connectivity index (χ1) is 11.4. The van der Waals surface area contributed by atoms with Crippen LogP contribution in [-0.2, 0) is 4.79 Å². The van der Waals surface area contributed by atoms with Gasteiger partial charge in [0, 0.05) is 22.7 Å². The van der Waals surface area contributed by atoms with Gasteiger partial charge in [0.25, 0.3) is 5.24 Å². The van der Waals surface area contributed by atoms with E-state index < -0.39 is 11.6 Å². The summed E-state index contributed by atoms with van der Waals surface area (Å²) in [6.45, 7) is 2.31. The number of aromatic nitrogens is 1. The van der Waals surface area contributed by atoms with Gasteiger partial charge in [0.15, 0.2) is 16.8 Å². The Hall–Kier alpha value is -2.00. The molecule has 2 heterocycles. The van der Waals surface area contributed by atoms with E-state index in [0.29, 0.717) is 28.7 Å². The van der Waals surface area contributed by atoms with Gasteiger partial charge in [0.1, 0.15) is 6.54 Å². The van der Waals surface area contributed by atoms with Gasteiger partial charge in [-0.2, -0.15) is 0 Å². The van der Waals surface area contributed by atoms with Crippen molar-refractivity contribution in [3.8, 4) is 11.3 Å². The molecule has 1 fully saturated rings. The maximum Gasteiger partial charge on any atom is 0.282 e. The Kier molecular flexibility index (Phi) is 4.81. The molecule has 3 rings (SSSR count). The van der Waals surface area contributed by atoms with Crippen LogP contribution in [0.5, 0.6) is 0 Å². The predicted octanol–water partition coefficient (Wildman–Crippen LogP) is 3.50. The highest BCUT2D eigenvalue weighted by Gasteiger charge is 2.23. The molecule has 0 aliphatic carbocycles. The molecule has 0 atom stereocenters. The number of amides is 2. The van der Waals surface area contributed by atoms with Crippen molar-refractivity contribution in [2.45, 2.75) is 6.92 Å². The molecule has 1 aliphatic heterocycles. The first-order valence-electron chi connectivity index (χ1n) is 7.08. The molecule has 1 saturated heterocycles. The number of anilines is 1. The minimum Gasteiger partial charge on any atom is -0.323 e. The molecular weight excluding hydrogens is 356 g/mol. The summed E-state index contributed by atoms with van der Waals surface area (Å²) in [4.78, 5) is 30.0. The number of carbonyl (C=O) groups is 2. The number of aryl methyl sites for hydroxylation is 1. The Bertz CT molecular complexity index is 810. The van der Waals surface area contributed by atoms with Gasteiger partial charge in [-0.05, 0) is 25.1 Å². The number of halogens is 2. The second-order valence-corrected chi connectivity index (χ2v) is 7.39. The lowest BCUT2D eigenvalue weighted by Gasteiger charge is -2.12. The minimum atomic E-state index is -0.949. The van der Waals surface area contributed by atoms with Gasteiger partial charge >= 0.3 is 0 Å². The average molecular weight is 369 g/mol. The Morgan fingerprint density at radius 3 is 2.83 bits per heavy atom. The highest BCUT2D eigenvalue weighted by Crippen LogP contribution is 2.31. The largest absolute Gasteiger partial charge is 0.323 e. The van der Waals surface area contributed by atoms with Crippen molar-refractivity contribution >= 4 is 39.4 Å². The first-order valence-corrected chi connectivity index (χ1v) is 8.88. The van der Waals surface area contributed by atoms with Crippen LogP contribution in [0.15, 0.2) is 18.2 Å². The van der Waals surface area contributed by atoms with Gasteiger partial charge in [-0.3, -0.25) is 9.59 Å². The number of rotatable bonds is 4. The summed E-state index contributed by atoms with van der Waals surface area (Å²) in [6.07, 6.45) is 0. The first kappa shape index (κ1) is 16.8. The molecule has 0 radical (unpaired) electrons. The van der Waals surface area contributed by atoms with Crippen molar-refractivity contribution in [2.75, 3.05) is 24.2 Å². The average Bonchev–Trinajstić information content (AvgIpc) is 3.08. The third-order valence-corrected chi connectivity index (χ3v) is 5.19. The summed E-state index contributed by atoms with van der Waals surface area (Å²) < 4.78 is 26.4. The summed E-state index contributed by atoms with van der Waals surface area (Å²) in [6, 6.07) is 3.55. The van der Waals surface area contributed by atoms with Gasteiger partial charge in [-0.25, -0.2) is 13.8 Å². The van der Waals surface area contributed by atoms with E-state index in [1.165, 1.54) is 34.1 Å². The van der Waals surface area contributed by atoms with Crippen LogP contribution in [0.1, 0.15) is 4.88 Å². The minimum absolute atomic E-state index is 0.0228. The van der Waals surface area contributed by atoms with Crippen molar-refractivity contribution < 1.29 is 18.4 Å². The molecule has 5 nitrogen and oxygen atoms in total. The van der Waals surface area contributed by atoms with Gasteiger partial charge in [0.05, 0.1) is 5.69 Å². The van der Waals surface area contributed by atoms with Crippen LogP contribution in [0.25, 0.3) is 11.3 Å². The number of nitrogens with zero attached hydrogens (tertiary/aromatic N) is 2. The second-order valence-electron chi connectivity index (χ2n) is 5.14. The van der Waals surface area contributed by atoms with E-state index in [1.807, 2.05) is 0 Å². The number of carbonyl (C=O) groups excluding carboxylic acids is 2. The van der Waals surface area contributed by atoms with Gasteiger partial charge in [0.2, 0.25) is 5.91 Å². The summed E-state index contributed by atoms with van der Waals surface area (Å²) in [7, 11) is 0. The van der Waals surface area contributed by atoms with E-state index in [9.17, 15) is 18.4 Å². The zero-order chi connectivity index (χ0) is 17.3. The molecule has 1 aliphatic rings. The summed E-state index contributed by atoms with van der Waals surface area (Å²) >= 11 is 2.43. The summed E-state index contributed by atoms with van der Waals surface area (Å²) in [5.74, 6) is -1.52. The lowest BCUT2D eigenvalue weighted by molar-refractivity contribution is -0.116. The maximum atomic E-state index is 13.4. The van der Waals surface area contributed by atoms with Crippen LogP contribution < -0.4 is 5.32 Å². The number of hydrogen-bond acceptors (Lipinski definition) is 5. The zero-order valence-corrected chi connectivity index (χ0v) is 14.3. The number of benzene rings is 1. The number of nitrogens with one attached hydrogen (secondary N) is 1. The third-order valence-electron chi connectivity index (χ3n) is 3.42. The summed E-state index contributed by atoms with van der Waals surface area (Å²) in [5, 5.41) is 2.89. The van der Waals surface area contributed by atoms with Crippen LogP contribution >= 0.6 is 23.1 Å². The number of thiazole rings is 1. The number of thioether (sulfide) groups is 1. The fourth-order valence-corrected chi connectivity index (χ4v) is 3.94. The molecule has 2 amide bonds. The lowest BCUT2D eigenvalue weighted by atomic mass is 10.1. The Balaban J connectivity index is 1.72. The molecule has 2 aromatic rings. The van der Waals surface area contributed by atoms with E-state index in [4.69, 9.17) is 0 Å². The Labute approximate surface area is 145 Å². The topological polar surface area (TPSA) is 62.3 Å². The standard InChI is InChI=1S/C15H13F2N3O2S2/c1-8-13(9-2-3-10(16)11(17)6-9)19-14(24-8)18-12(21)7-20-4-5-23-15(20)22/h2-3,6H,4-5,7H2,1H3,(H,18,19,21). The Morgan fingerprint density at radius 1 is 1.38 bits per heavy atom. The fraction of sp³-hybridized carbons (Fsp3) is 0.267. The molecule has 1 N–H and O–H groups in total. The van der Waals surface area contributed by atoms with Gasteiger partial charge < -0.3 is 10.2 Å². The van der Waals surface area contributed by atoms with E-state index >= 15 is 0 Å². The molecule has 0 unspecified atom stereocenters. The highest BCUT2D eigenvalue weighted by atomic mass is 32.2. The summed E-state index contributed by atoms with van der Waals surface area (Å²) in [5.41, 5.74) is 0.927. The van der Waals surface area contributed by atoms with Crippen LogP contribution in [0.2, 0.25) is 0 Å². The zero-order valence-electron chi connectivity index (χ0n) is 12.6. The monoisotopic (exact) mass is 369 g/mol. The quantitative estimate of drug-likeness (QED) is 0.896. The van der Waals surface area contributed by atoms with Crippen molar-refractivity contribution in [1.82, 2.24) is 9.88 Å². The molecular formula is C15H13F2N3O2S2. The van der Waals surface area contributed by atoms with Crippen LogP contribution in [-0.4, -0.2) is 39.9 Å². The third kappa shape index (κ3) is 3.57. The molecule has 0 saturated carbocycles. The molecule has 0 bridgehead atoms. The van der Waals surface area contributed by atoms with Crippen LogP contribution in [0.3, 0.4) is 0 Å². The molecule has 1 aromatic heterocycles. The molecule has 1 aromatic carbocycles. The SMILES string of the molecule is Cc1sc(NC(=O)CN2CCSC2=O)nc1-c1ccc(F)c(F)c1. The molecule has 0 spiro atoms. The van der Waals surface area contributed by atoms with Crippen molar-refractivity contribution in [1.29, 1.82) is 0 Å². The van der Waals surface area contributed by atoms with Crippen molar-refractivity contribution in [3.05, 3.63) is 34.7 Å². The van der Waals surface area contributed by atoms with Gasteiger partial charge in [-0.1, -0.05) is 11.8 Å². The van der Waals surface area contributed by atoms with E-state index in [1.54, 1.807) is 6.92 Å². The molecule has 24 heavy (non-hydrogen) atoms. The lowest BCUT2D eigenvalue weighted by Crippen LogP contribution is -2.33. The highest BCUT2D eigenvalue weighted by molar-refractivity contribution is 8.13. The normalized spacial score (nSPS) is 14.3.